The van der Waals surface area contributed by atoms with Gasteiger partial charge in [-0.3, -0.25) is 4.79 Å². The summed E-state index contributed by atoms with van der Waals surface area (Å²) in [7, 11) is -1.38. The highest BCUT2D eigenvalue weighted by Crippen LogP contribution is 2.40. The Kier molecular flexibility index (Phi) is 4.76. The van der Waals surface area contributed by atoms with E-state index in [9.17, 15) is 18.0 Å². The molecule has 0 aliphatic carbocycles. The smallest absolute Gasteiger partial charge is 0.416 e. The van der Waals surface area contributed by atoms with Crippen molar-refractivity contribution >= 4 is 21.9 Å². The molecule has 0 saturated carbocycles. The van der Waals surface area contributed by atoms with Crippen molar-refractivity contribution in [1.82, 2.24) is 4.90 Å². The van der Waals surface area contributed by atoms with Gasteiger partial charge in [-0.25, -0.2) is 18.1 Å². The molecule has 0 spiro atoms. The molecule has 26 heavy (non-hydrogen) atoms. The molecule has 1 saturated heterocycles. The minimum absolute atomic E-state index is 0.0316. The van der Waals surface area contributed by atoms with Crippen molar-refractivity contribution in [3.05, 3.63) is 40.4 Å². The molecule has 2 aliphatic rings. The van der Waals surface area contributed by atoms with E-state index >= 15 is 0 Å². The zero-order chi connectivity index (χ0) is 19.1. The summed E-state index contributed by atoms with van der Waals surface area (Å²) in [4.78, 5) is 25.5. The fraction of sp³-hybridized carbons (Fsp3) is 0.412. The molecule has 2 heterocycles. The van der Waals surface area contributed by atoms with Crippen LogP contribution in [0.2, 0.25) is 0 Å². The maximum atomic E-state index is 13.2. The number of carbonyl (C=O) groups excluding carboxylic acids is 2. The number of rotatable bonds is 4. The summed E-state index contributed by atoms with van der Waals surface area (Å²) < 4.78 is 41.4. The molecule has 1 aromatic rings. The Bertz CT molecular complexity index is 873. The van der Waals surface area contributed by atoms with Crippen LogP contribution >= 0.6 is 0 Å². The van der Waals surface area contributed by atoms with Gasteiger partial charge in [0.2, 0.25) is 9.84 Å². The van der Waals surface area contributed by atoms with Crippen LogP contribution in [0.15, 0.2) is 39.8 Å². The quantitative estimate of drug-likeness (QED) is 0.730. The predicted octanol–water partition coefficient (Wildman–Crippen LogP) is 1.60. The van der Waals surface area contributed by atoms with E-state index in [-0.39, 0.29) is 28.5 Å². The van der Waals surface area contributed by atoms with Crippen LogP contribution in [0, 0.1) is 12.8 Å². The molecule has 0 radical (unpaired) electrons. The van der Waals surface area contributed by atoms with Crippen LogP contribution in [0.3, 0.4) is 0 Å². The first-order valence-electron chi connectivity index (χ1n) is 7.91. The molecular weight excluding hydrogens is 362 g/mol. The molecule has 1 aromatic carbocycles. The lowest BCUT2D eigenvalue weighted by Gasteiger charge is -2.36. The monoisotopic (exact) mass is 381 g/mol. The number of amides is 1. The Morgan fingerprint density at radius 2 is 1.88 bits per heavy atom. The molecule has 0 aromatic heterocycles. The highest BCUT2D eigenvalue weighted by atomic mass is 32.2. The number of benzene rings is 1. The molecule has 3 rings (SSSR count). The number of sulfone groups is 1. The third-order valence-corrected chi connectivity index (χ3v) is 6.49. The number of aryl methyl sites for hydroxylation is 1. The molecule has 8 nitrogen and oxygen atoms in total. The van der Waals surface area contributed by atoms with Gasteiger partial charge in [0, 0.05) is 13.5 Å². The second-order valence-corrected chi connectivity index (χ2v) is 8.04. The van der Waals surface area contributed by atoms with E-state index in [0.717, 1.165) is 10.5 Å². The van der Waals surface area contributed by atoms with Crippen LogP contribution in [-0.4, -0.2) is 52.4 Å². The van der Waals surface area contributed by atoms with Crippen LogP contribution in [0.1, 0.15) is 12.0 Å². The van der Waals surface area contributed by atoms with E-state index < -0.39 is 34.0 Å². The van der Waals surface area contributed by atoms with Gasteiger partial charge in [-0.05, 0) is 19.1 Å². The lowest BCUT2D eigenvalue weighted by atomic mass is 9.97. The van der Waals surface area contributed by atoms with Gasteiger partial charge < -0.3 is 14.2 Å². The topological polar surface area (TPSA) is 99.2 Å². The van der Waals surface area contributed by atoms with Gasteiger partial charge >= 0.3 is 12.1 Å². The number of hydrogen-bond acceptors (Lipinski definition) is 7. The third kappa shape index (κ3) is 2.86. The molecule has 2 atom stereocenters. The highest BCUT2D eigenvalue weighted by molar-refractivity contribution is 7.95. The summed E-state index contributed by atoms with van der Waals surface area (Å²) in [5.74, 6) is -1.64. The van der Waals surface area contributed by atoms with E-state index in [1.165, 1.54) is 26.4 Å². The summed E-state index contributed by atoms with van der Waals surface area (Å²) in [5, 5.41) is 0. The summed E-state index contributed by atoms with van der Waals surface area (Å²) in [6, 6.07) is 6.36. The Balaban J connectivity index is 2.15. The normalized spacial score (nSPS) is 22.9. The summed E-state index contributed by atoms with van der Waals surface area (Å²) in [6.45, 7) is 1.66. The SMILES string of the molecule is COC(=O)[C@H]1CC(S(=O)(=O)c2ccc(C)cc2)=C2COC(=O)N2[C@@H]1OC. The fourth-order valence-electron chi connectivity index (χ4n) is 3.20. The number of fused-ring (bicyclic) bond motifs is 1. The van der Waals surface area contributed by atoms with E-state index in [1.807, 2.05) is 6.92 Å². The van der Waals surface area contributed by atoms with Crippen molar-refractivity contribution < 1.29 is 32.2 Å². The average molecular weight is 381 g/mol. The second-order valence-electron chi connectivity index (χ2n) is 6.07. The standard InChI is InChI=1S/C17H19NO7S/c1-10-4-6-11(7-5-10)26(21,22)14-8-12(16(19)24-3)15(23-2)18-13(14)9-25-17(18)20/h4-7,12,15H,8-9H2,1-3H3/t12-,15+/m0/s1. The number of carbonyl (C=O) groups is 2. The average Bonchev–Trinajstić information content (AvgIpc) is 3.01. The van der Waals surface area contributed by atoms with Gasteiger partial charge in [0.1, 0.15) is 12.5 Å². The largest absolute Gasteiger partial charge is 0.469 e. The van der Waals surface area contributed by atoms with E-state index in [0.29, 0.717) is 0 Å². The fourth-order valence-corrected chi connectivity index (χ4v) is 4.84. The van der Waals surface area contributed by atoms with E-state index in [1.54, 1.807) is 12.1 Å². The molecule has 0 unspecified atom stereocenters. The Labute approximate surface area is 151 Å². The van der Waals surface area contributed by atoms with Crippen LogP contribution in [0.5, 0.6) is 0 Å². The summed E-state index contributed by atoms with van der Waals surface area (Å²) >= 11 is 0. The zero-order valence-electron chi connectivity index (χ0n) is 14.6. The van der Waals surface area contributed by atoms with Crippen molar-refractivity contribution in [2.24, 2.45) is 5.92 Å². The Hall–Kier alpha value is -2.39. The van der Waals surface area contributed by atoms with Gasteiger partial charge in [-0.1, -0.05) is 17.7 Å². The Morgan fingerprint density at radius 3 is 2.46 bits per heavy atom. The van der Waals surface area contributed by atoms with Gasteiger partial charge in [0.05, 0.1) is 22.6 Å². The number of hydrogen-bond donors (Lipinski definition) is 0. The first-order valence-corrected chi connectivity index (χ1v) is 9.40. The maximum Gasteiger partial charge on any atom is 0.416 e. The minimum Gasteiger partial charge on any atom is -0.469 e. The summed E-state index contributed by atoms with van der Waals surface area (Å²) in [5.41, 5.74) is 1.11. The van der Waals surface area contributed by atoms with E-state index in [2.05, 4.69) is 0 Å². The molecular formula is C17H19NO7S. The van der Waals surface area contributed by atoms with Crippen molar-refractivity contribution in [2.45, 2.75) is 24.5 Å². The molecule has 1 fully saturated rings. The Morgan fingerprint density at radius 1 is 1.23 bits per heavy atom. The van der Waals surface area contributed by atoms with Gasteiger partial charge in [0.25, 0.3) is 0 Å². The maximum absolute atomic E-state index is 13.2. The lowest BCUT2D eigenvalue weighted by Crippen LogP contribution is -2.49. The van der Waals surface area contributed by atoms with Crippen molar-refractivity contribution in [3.8, 4) is 0 Å². The molecule has 2 aliphatic heterocycles. The molecule has 9 heteroatoms. The molecule has 140 valence electrons. The number of esters is 1. The van der Waals surface area contributed by atoms with Crippen LogP contribution in [-0.2, 0) is 28.8 Å². The second kappa shape index (κ2) is 6.73. The van der Waals surface area contributed by atoms with Gasteiger partial charge in [-0.15, -0.1) is 0 Å². The van der Waals surface area contributed by atoms with E-state index in [4.69, 9.17) is 14.2 Å². The van der Waals surface area contributed by atoms with Crippen LogP contribution in [0.25, 0.3) is 0 Å². The van der Waals surface area contributed by atoms with Crippen molar-refractivity contribution in [2.75, 3.05) is 20.8 Å². The first kappa shape index (κ1) is 18.4. The van der Waals surface area contributed by atoms with Crippen LogP contribution < -0.4 is 0 Å². The lowest BCUT2D eigenvalue weighted by molar-refractivity contribution is -0.155. The highest BCUT2D eigenvalue weighted by Gasteiger charge is 2.50. The number of nitrogens with zero attached hydrogens (tertiary/aromatic N) is 1. The van der Waals surface area contributed by atoms with Gasteiger partial charge in [0.15, 0.2) is 6.23 Å². The molecule has 0 bridgehead atoms. The minimum atomic E-state index is -3.92. The van der Waals surface area contributed by atoms with Gasteiger partial charge in [-0.2, -0.15) is 0 Å². The summed E-state index contributed by atoms with van der Waals surface area (Å²) in [6.07, 6.45) is -1.87. The number of methoxy groups -OCH3 is 2. The van der Waals surface area contributed by atoms with Crippen LogP contribution in [0.4, 0.5) is 4.79 Å². The molecule has 0 N–H and O–H groups in total. The number of cyclic esters (lactones) is 1. The third-order valence-electron chi connectivity index (χ3n) is 4.55. The first-order chi connectivity index (χ1) is 12.3. The number of allylic oxidation sites excluding steroid dienone is 1. The predicted molar refractivity (Wildman–Crippen MR) is 89.5 cm³/mol. The van der Waals surface area contributed by atoms with Crippen molar-refractivity contribution in [1.29, 1.82) is 0 Å². The zero-order valence-corrected chi connectivity index (χ0v) is 15.4. The molecule has 1 amide bonds. The number of ether oxygens (including phenoxy) is 3. The van der Waals surface area contributed by atoms with Crippen molar-refractivity contribution in [3.63, 3.8) is 0 Å².